The van der Waals surface area contributed by atoms with Crippen LogP contribution in [0, 0.1) is 0 Å². The first-order chi connectivity index (χ1) is 19.5. The zero-order valence-corrected chi connectivity index (χ0v) is 23.5. The molecule has 5 atom stereocenters. The van der Waals surface area contributed by atoms with Gasteiger partial charge < -0.3 is 23.8 Å². The molecule has 0 aliphatic carbocycles. The van der Waals surface area contributed by atoms with Crippen LogP contribution in [0.25, 0.3) is 6.08 Å². The van der Waals surface area contributed by atoms with E-state index in [0.29, 0.717) is 0 Å². The van der Waals surface area contributed by atoms with Gasteiger partial charge in [0.25, 0.3) is 5.56 Å². The third-order valence-corrected chi connectivity index (χ3v) is 7.34. The predicted molar refractivity (Wildman–Crippen MR) is 146 cm³/mol. The first-order valence-electron chi connectivity index (χ1n) is 12.6. The van der Waals surface area contributed by atoms with Crippen LogP contribution in [0.2, 0.25) is 0 Å². The number of rotatable bonds is 13. The van der Waals surface area contributed by atoms with Crippen LogP contribution in [-0.4, -0.2) is 65.2 Å². The third kappa shape index (κ3) is 9.10. The van der Waals surface area contributed by atoms with Gasteiger partial charge in [0, 0.05) is 18.7 Å². The summed E-state index contributed by atoms with van der Waals surface area (Å²) < 4.78 is 40.9. The van der Waals surface area contributed by atoms with Crippen LogP contribution < -0.4 is 20.9 Å². The summed E-state index contributed by atoms with van der Waals surface area (Å²) in [5.41, 5.74) is -1.37. The SMILES string of the molecule is CCOC(=O)/C=C/C=C/c1cn([C@H]2C[C@@H](O)[C@@H](COP(=O)(N[C@@H](C)C(=O)OC)Oc3ccccc3)O2)c(=O)[nH]c1=O. The molecule has 0 bridgehead atoms. The predicted octanol–water partition coefficient (Wildman–Crippen LogP) is 1.67. The normalized spacial score (nSPS) is 21.0. The Balaban J connectivity index is 1.73. The second-order valence-electron chi connectivity index (χ2n) is 8.73. The molecule has 0 spiro atoms. The summed E-state index contributed by atoms with van der Waals surface area (Å²) in [6, 6.07) is 7.05. The first-order valence-corrected chi connectivity index (χ1v) is 14.1. The minimum absolute atomic E-state index is 0.0538. The molecule has 0 radical (unpaired) electrons. The maximum atomic E-state index is 13.5. The second kappa shape index (κ2) is 14.7. The molecule has 3 N–H and O–H groups in total. The quantitative estimate of drug-likeness (QED) is 0.132. The van der Waals surface area contributed by atoms with Crippen molar-refractivity contribution in [1.82, 2.24) is 14.6 Å². The van der Waals surface area contributed by atoms with Crippen LogP contribution in [0.15, 0.2) is 64.3 Å². The zero-order valence-electron chi connectivity index (χ0n) is 22.6. The summed E-state index contributed by atoms with van der Waals surface area (Å²) in [5, 5.41) is 13.1. The van der Waals surface area contributed by atoms with E-state index in [4.69, 9.17) is 18.5 Å². The number of ether oxygens (including phenoxy) is 3. The minimum atomic E-state index is -4.19. The number of para-hydroxylation sites is 1. The topological polar surface area (TPSA) is 184 Å². The van der Waals surface area contributed by atoms with Crippen molar-refractivity contribution in [3.05, 3.63) is 81.2 Å². The fourth-order valence-electron chi connectivity index (χ4n) is 3.70. The number of hydrogen-bond donors (Lipinski definition) is 3. The van der Waals surface area contributed by atoms with Gasteiger partial charge in [0.05, 0.1) is 32.0 Å². The van der Waals surface area contributed by atoms with Gasteiger partial charge in [-0.15, -0.1) is 0 Å². The van der Waals surface area contributed by atoms with E-state index in [9.17, 15) is 28.8 Å². The van der Waals surface area contributed by atoms with Gasteiger partial charge in [0.15, 0.2) is 0 Å². The van der Waals surface area contributed by atoms with Crippen molar-refractivity contribution >= 4 is 25.8 Å². The summed E-state index contributed by atoms with van der Waals surface area (Å²) >= 11 is 0. The average molecular weight is 594 g/mol. The molecule has 1 aliphatic rings. The van der Waals surface area contributed by atoms with E-state index < -0.39 is 62.0 Å². The lowest BCUT2D eigenvalue weighted by molar-refractivity contribution is -0.142. The minimum Gasteiger partial charge on any atom is -0.468 e. The van der Waals surface area contributed by atoms with Crippen LogP contribution in [-0.2, 0) is 32.9 Å². The molecule has 0 amide bonds. The highest BCUT2D eigenvalue weighted by Gasteiger charge is 2.39. The molecule has 1 fully saturated rings. The van der Waals surface area contributed by atoms with E-state index in [2.05, 4.69) is 14.8 Å². The summed E-state index contributed by atoms with van der Waals surface area (Å²) in [7, 11) is -3.02. The lowest BCUT2D eigenvalue weighted by atomic mass is 10.2. The third-order valence-electron chi connectivity index (χ3n) is 5.70. The molecule has 15 heteroatoms. The highest BCUT2D eigenvalue weighted by molar-refractivity contribution is 7.52. The van der Waals surface area contributed by atoms with Crippen molar-refractivity contribution in [1.29, 1.82) is 0 Å². The van der Waals surface area contributed by atoms with Gasteiger partial charge in [-0.3, -0.25) is 23.7 Å². The van der Waals surface area contributed by atoms with E-state index in [1.165, 1.54) is 44.5 Å². The van der Waals surface area contributed by atoms with Crippen molar-refractivity contribution in [2.75, 3.05) is 20.3 Å². The number of methoxy groups -OCH3 is 1. The van der Waals surface area contributed by atoms with Crippen molar-refractivity contribution < 1.29 is 42.5 Å². The standard InChI is InChI=1S/C26H32N3O11P/c1-4-37-23(31)13-9-8-10-18-15-29(26(34)27-24(18)32)22-14-20(30)21(39-22)16-38-41(35,28-17(2)25(33)36-3)40-19-11-6-5-7-12-19/h5-13,15,17,20-22,30H,4,14,16H2,1-3H3,(H,28,35)(H,27,32,34)/b10-8+,13-9+/t17-,20+,21+,22+,41?/m0/s1. The number of benzene rings is 1. The lowest BCUT2D eigenvalue weighted by Crippen LogP contribution is -2.36. The van der Waals surface area contributed by atoms with E-state index >= 15 is 0 Å². The molecule has 14 nitrogen and oxygen atoms in total. The number of nitrogens with zero attached hydrogens (tertiary/aromatic N) is 1. The Morgan fingerprint density at radius 3 is 2.68 bits per heavy atom. The monoisotopic (exact) mass is 593 g/mol. The van der Waals surface area contributed by atoms with Crippen LogP contribution in [0.4, 0.5) is 0 Å². The van der Waals surface area contributed by atoms with Gasteiger partial charge in [-0.25, -0.2) is 14.2 Å². The van der Waals surface area contributed by atoms with Gasteiger partial charge >= 0.3 is 25.4 Å². The number of aromatic amines is 1. The van der Waals surface area contributed by atoms with Crippen molar-refractivity contribution in [3.63, 3.8) is 0 Å². The summed E-state index contributed by atoms with van der Waals surface area (Å²) in [6.07, 6.45) is 3.35. The van der Waals surface area contributed by atoms with Gasteiger partial charge in [-0.1, -0.05) is 30.4 Å². The molecular formula is C26H32N3O11P. The molecule has 3 rings (SSSR count). The number of allylic oxidation sites excluding steroid dienone is 2. The Labute approximate surface area is 235 Å². The number of H-pyrrole nitrogens is 1. The average Bonchev–Trinajstić information content (AvgIpc) is 3.31. The Kier molecular flexibility index (Phi) is 11.4. The molecule has 0 saturated carbocycles. The largest absolute Gasteiger partial charge is 0.468 e. The smallest absolute Gasteiger partial charge is 0.459 e. The van der Waals surface area contributed by atoms with E-state index in [0.717, 1.165) is 4.57 Å². The van der Waals surface area contributed by atoms with Crippen LogP contribution in [0.3, 0.4) is 0 Å². The molecule has 222 valence electrons. The number of aliphatic hydroxyl groups excluding tert-OH is 1. The molecule has 1 aliphatic heterocycles. The molecule has 2 aromatic rings. The molecule has 1 saturated heterocycles. The molecule has 1 unspecified atom stereocenters. The number of carbonyl (C=O) groups excluding carboxylic acids is 2. The van der Waals surface area contributed by atoms with Gasteiger partial charge in [-0.05, 0) is 32.1 Å². The summed E-state index contributed by atoms with van der Waals surface area (Å²) in [5.74, 6) is -1.06. The summed E-state index contributed by atoms with van der Waals surface area (Å²) in [6.45, 7) is 2.86. The second-order valence-corrected chi connectivity index (χ2v) is 10.4. The number of aromatic nitrogens is 2. The number of hydrogen-bond acceptors (Lipinski definition) is 11. The number of nitrogens with one attached hydrogen (secondary N) is 2. The highest BCUT2D eigenvalue weighted by atomic mass is 31.2. The van der Waals surface area contributed by atoms with Crippen molar-refractivity contribution in [2.45, 2.75) is 44.7 Å². The molecule has 1 aromatic heterocycles. The number of esters is 2. The van der Waals surface area contributed by atoms with Crippen LogP contribution in [0.1, 0.15) is 32.1 Å². The van der Waals surface area contributed by atoms with E-state index in [-0.39, 0.29) is 24.3 Å². The number of carbonyl (C=O) groups is 2. The fourth-order valence-corrected chi connectivity index (χ4v) is 5.20. The maximum Gasteiger partial charge on any atom is 0.459 e. The van der Waals surface area contributed by atoms with E-state index in [1.54, 1.807) is 37.3 Å². The molecule has 41 heavy (non-hydrogen) atoms. The highest BCUT2D eigenvalue weighted by Crippen LogP contribution is 2.45. The fraction of sp³-hybridized carbons (Fsp3) is 0.385. The molecule has 1 aromatic carbocycles. The van der Waals surface area contributed by atoms with Crippen molar-refractivity contribution in [2.24, 2.45) is 0 Å². The first kappa shape index (κ1) is 31.7. The van der Waals surface area contributed by atoms with Gasteiger partial charge in [0.1, 0.15) is 24.1 Å². The zero-order chi connectivity index (χ0) is 30.0. The van der Waals surface area contributed by atoms with Gasteiger partial charge in [0.2, 0.25) is 0 Å². The number of aliphatic hydroxyl groups is 1. The van der Waals surface area contributed by atoms with Crippen molar-refractivity contribution in [3.8, 4) is 5.75 Å². The Bertz CT molecular complexity index is 1420. The van der Waals surface area contributed by atoms with Gasteiger partial charge in [-0.2, -0.15) is 5.09 Å². The lowest BCUT2D eigenvalue weighted by Gasteiger charge is -2.24. The Morgan fingerprint density at radius 2 is 2.00 bits per heavy atom. The Hall–Kier alpha value is -3.81. The van der Waals surface area contributed by atoms with E-state index in [1.807, 2.05) is 0 Å². The Morgan fingerprint density at radius 1 is 1.27 bits per heavy atom. The molecule has 2 heterocycles. The summed E-state index contributed by atoms with van der Waals surface area (Å²) in [4.78, 5) is 50.3. The molecular weight excluding hydrogens is 561 g/mol. The van der Waals surface area contributed by atoms with Crippen LogP contribution in [0.5, 0.6) is 5.75 Å². The maximum absolute atomic E-state index is 13.5. The van der Waals surface area contributed by atoms with Crippen LogP contribution >= 0.6 is 7.75 Å².